The van der Waals surface area contributed by atoms with Crippen LogP contribution in [0.15, 0.2) is 0 Å². The highest BCUT2D eigenvalue weighted by atomic mass is 32.2. The third-order valence-corrected chi connectivity index (χ3v) is 7.02. The number of likely N-dealkylation sites (N-methyl/N-ethyl adjacent to an activating group) is 1. The number of piperidine rings is 1. The van der Waals surface area contributed by atoms with Gasteiger partial charge in [-0.25, -0.2) is 0 Å². The lowest BCUT2D eigenvalue weighted by atomic mass is 9.99. The van der Waals surface area contributed by atoms with E-state index >= 15 is 0 Å². The van der Waals surface area contributed by atoms with Crippen LogP contribution in [0.1, 0.15) is 33.1 Å². The molecule has 0 aromatic rings. The number of rotatable bonds is 6. The summed E-state index contributed by atoms with van der Waals surface area (Å²) < 4.78 is 28.8. The summed E-state index contributed by atoms with van der Waals surface area (Å²) in [6.45, 7) is 9.44. The van der Waals surface area contributed by atoms with Crippen LogP contribution in [0, 0.1) is 5.92 Å². The fourth-order valence-corrected chi connectivity index (χ4v) is 5.19. The topological polar surface area (TPSA) is 69.9 Å². The molecular formula is C14H30N4O2S. The van der Waals surface area contributed by atoms with E-state index in [2.05, 4.69) is 18.7 Å². The monoisotopic (exact) mass is 318 g/mol. The predicted octanol–water partition coefficient (Wildman–Crippen LogP) is 0.318. The molecule has 2 rings (SSSR count). The fourth-order valence-electron chi connectivity index (χ4n) is 3.50. The van der Waals surface area contributed by atoms with Crippen LogP contribution in [0.25, 0.3) is 0 Å². The first-order valence-electron chi connectivity index (χ1n) is 8.22. The van der Waals surface area contributed by atoms with Gasteiger partial charge >= 0.3 is 0 Å². The maximum atomic E-state index is 12.7. The molecule has 0 amide bonds. The van der Waals surface area contributed by atoms with Gasteiger partial charge in [0.05, 0.1) is 0 Å². The molecule has 2 N–H and O–H groups in total. The Morgan fingerprint density at radius 2 is 1.62 bits per heavy atom. The van der Waals surface area contributed by atoms with E-state index in [1.165, 1.54) is 0 Å². The molecule has 7 heteroatoms. The Bertz CT molecular complexity index is 417. The van der Waals surface area contributed by atoms with Crippen LogP contribution in [-0.4, -0.2) is 73.8 Å². The molecule has 2 saturated heterocycles. The van der Waals surface area contributed by atoms with Crippen molar-refractivity contribution in [2.45, 2.75) is 39.2 Å². The highest BCUT2D eigenvalue weighted by Gasteiger charge is 2.38. The van der Waals surface area contributed by atoms with Crippen molar-refractivity contribution in [3.8, 4) is 0 Å². The van der Waals surface area contributed by atoms with E-state index in [9.17, 15) is 8.42 Å². The Morgan fingerprint density at radius 3 is 2.14 bits per heavy atom. The van der Waals surface area contributed by atoms with Gasteiger partial charge in [-0.15, -0.1) is 0 Å². The second kappa shape index (κ2) is 7.37. The summed E-state index contributed by atoms with van der Waals surface area (Å²) in [6.07, 6.45) is 2.73. The minimum atomic E-state index is -3.28. The first kappa shape index (κ1) is 17.1. The Hall–Kier alpha value is -0.210. The van der Waals surface area contributed by atoms with Crippen molar-refractivity contribution in [1.29, 1.82) is 0 Å². The smallest absolute Gasteiger partial charge is 0.282 e. The first-order chi connectivity index (χ1) is 10.0. The summed E-state index contributed by atoms with van der Waals surface area (Å²) in [5.74, 6) is 0.485. The average Bonchev–Trinajstić information content (AvgIpc) is 2.99. The predicted molar refractivity (Wildman–Crippen MR) is 85.2 cm³/mol. The summed E-state index contributed by atoms with van der Waals surface area (Å²) in [5.41, 5.74) is 5.68. The summed E-state index contributed by atoms with van der Waals surface area (Å²) >= 11 is 0. The van der Waals surface area contributed by atoms with Gasteiger partial charge in [0.1, 0.15) is 0 Å². The number of nitrogens with zero attached hydrogens (tertiary/aromatic N) is 3. The van der Waals surface area contributed by atoms with Gasteiger partial charge in [-0.05, 0) is 44.8 Å². The van der Waals surface area contributed by atoms with Gasteiger partial charge in [0, 0.05) is 32.2 Å². The van der Waals surface area contributed by atoms with Crippen molar-refractivity contribution in [3.63, 3.8) is 0 Å². The summed E-state index contributed by atoms with van der Waals surface area (Å²) in [5, 5.41) is 0. The minimum absolute atomic E-state index is 0.372. The van der Waals surface area contributed by atoms with E-state index in [0.29, 0.717) is 44.7 Å². The molecule has 0 aromatic carbocycles. The Labute approximate surface area is 129 Å². The van der Waals surface area contributed by atoms with Gasteiger partial charge in [0.15, 0.2) is 0 Å². The molecule has 0 aromatic heterocycles. The standard InChI is InChI=1S/C14H30N4O2S/c1-3-16(4-2)14-7-10-18(12-14)21(19,20)17-8-5-13(11-15)6-9-17/h13-14H,3-12,15H2,1-2H3. The van der Waals surface area contributed by atoms with Crippen molar-refractivity contribution in [3.05, 3.63) is 0 Å². The second-order valence-corrected chi connectivity index (χ2v) is 8.04. The number of hydrogen-bond donors (Lipinski definition) is 1. The summed E-state index contributed by atoms with van der Waals surface area (Å²) in [4.78, 5) is 2.36. The third-order valence-electron chi connectivity index (χ3n) is 5.01. The zero-order chi connectivity index (χ0) is 15.5. The summed E-state index contributed by atoms with van der Waals surface area (Å²) in [6, 6.07) is 0.372. The number of nitrogens with two attached hydrogens (primary N) is 1. The van der Waals surface area contributed by atoms with Crippen molar-refractivity contribution in [2.24, 2.45) is 11.7 Å². The Balaban J connectivity index is 1.95. The van der Waals surface area contributed by atoms with E-state index < -0.39 is 10.2 Å². The molecule has 124 valence electrons. The Kier molecular flexibility index (Phi) is 6.02. The molecule has 21 heavy (non-hydrogen) atoms. The van der Waals surface area contributed by atoms with Crippen LogP contribution in [0.2, 0.25) is 0 Å². The van der Waals surface area contributed by atoms with E-state index in [0.717, 1.165) is 32.4 Å². The summed E-state index contributed by atoms with van der Waals surface area (Å²) in [7, 11) is -3.28. The average molecular weight is 318 g/mol. The Morgan fingerprint density at radius 1 is 1.05 bits per heavy atom. The molecule has 0 bridgehead atoms. The molecule has 0 aliphatic carbocycles. The normalized spacial score (nSPS) is 26.8. The zero-order valence-corrected chi connectivity index (χ0v) is 14.2. The van der Waals surface area contributed by atoms with E-state index in [1.54, 1.807) is 8.61 Å². The minimum Gasteiger partial charge on any atom is -0.330 e. The SMILES string of the molecule is CCN(CC)C1CCN(S(=O)(=O)N2CCC(CN)CC2)C1. The van der Waals surface area contributed by atoms with E-state index in [4.69, 9.17) is 5.73 Å². The molecule has 6 nitrogen and oxygen atoms in total. The highest BCUT2D eigenvalue weighted by molar-refractivity contribution is 7.86. The van der Waals surface area contributed by atoms with Crippen LogP contribution < -0.4 is 5.73 Å². The highest BCUT2D eigenvalue weighted by Crippen LogP contribution is 2.24. The molecular weight excluding hydrogens is 288 g/mol. The maximum Gasteiger partial charge on any atom is 0.282 e. The molecule has 2 aliphatic heterocycles. The van der Waals surface area contributed by atoms with Gasteiger partial charge in [0.2, 0.25) is 0 Å². The quantitative estimate of drug-likeness (QED) is 0.766. The third kappa shape index (κ3) is 3.76. The second-order valence-electron chi connectivity index (χ2n) is 6.11. The molecule has 1 unspecified atom stereocenters. The molecule has 0 saturated carbocycles. The maximum absolute atomic E-state index is 12.7. The lowest BCUT2D eigenvalue weighted by molar-refractivity contribution is 0.220. The molecule has 2 fully saturated rings. The molecule has 0 radical (unpaired) electrons. The largest absolute Gasteiger partial charge is 0.330 e. The van der Waals surface area contributed by atoms with Crippen molar-refractivity contribution in [2.75, 3.05) is 45.8 Å². The van der Waals surface area contributed by atoms with Crippen LogP contribution in [0.4, 0.5) is 0 Å². The van der Waals surface area contributed by atoms with Crippen LogP contribution >= 0.6 is 0 Å². The zero-order valence-electron chi connectivity index (χ0n) is 13.4. The lowest BCUT2D eigenvalue weighted by Crippen LogP contribution is -2.48. The molecule has 2 aliphatic rings. The van der Waals surface area contributed by atoms with Crippen LogP contribution in [0.5, 0.6) is 0 Å². The van der Waals surface area contributed by atoms with E-state index in [-0.39, 0.29) is 0 Å². The van der Waals surface area contributed by atoms with Crippen LogP contribution in [0.3, 0.4) is 0 Å². The van der Waals surface area contributed by atoms with Crippen molar-refractivity contribution >= 4 is 10.2 Å². The van der Waals surface area contributed by atoms with E-state index in [1.807, 2.05) is 0 Å². The lowest BCUT2D eigenvalue weighted by Gasteiger charge is -2.33. The van der Waals surface area contributed by atoms with Gasteiger partial charge < -0.3 is 5.73 Å². The van der Waals surface area contributed by atoms with Crippen molar-refractivity contribution < 1.29 is 8.42 Å². The number of hydrogen-bond acceptors (Lipinski definition) is 4. The first-order valence-corrected chi connectivity index (χ1v) is 9.61. The van der Waals surface area contributed by atoms with Gasteiger partial charge in [0.25, 0.3) is 10.2 Å². The molecule has 2 heterocycles. The van der Waals surface area contributed by atoms with Crippen molar-refractivity contribution in [1.82, 2.24) is 13.5 Å². The fraction of sp³-hybridized carbons (Fsp3) is 1.00. The van der Waals surface area contributed by atoms with Gasteiger partial charge in [-0.1, -0.05) is 13.8 Å². The van der Waals surface area contributed by atoms with Crippen LogP contribution in [-0.2, 0) is 10.2 Å². The molecule has 0 spiro atoms. The molecule has 1 atom stereocenters. The van der Waals surface area contributed by atoms with Gasteiger partial charge in [-0.3, -0.25) is 4.90 Å². The van der Waals surface area contributed by atoms with Gasteiger partial charge in [-0.2, -0.15) is 17.0 Å².